The SMILES string of the molecule is COc1ccc(C=CC(=O)CCN2CCN(Cc3ccccc3)CC2)cc1OC. The van der Waals surface area contributed by atoms with Crippen molar-refractivity contribution in [3.63, 3.8) is 0 Å². The molecule has 0 aromatic heterocycles. The summed E-state index contributed by atoms with van der Waals surface area (Å²) in [6.07, 6.45) is 4.04. The van der Waals surface area contributed by atoms with Gasteiger partial charge in [0.2, 0.25) is 0 Å². The summed E-state index contributed by atoms with van der Waals surface area (Å²) in [6.45, 7) is 5.93. The minimum atomic E-state index is 0.145. The fraction of sp³-hybridized carbons (Fsp3) is 0.375. The van der Waals surface area contributed by atoms with Crippen LogP contribution in [0.3, 0.4) is 0 Å². The molecule has 2 aromatic rings. The van der Waals surface area contributed by atoms with Crippen molar-refractivity contribution in [1.82, 2.24) is 9.80 Å². The predicted molar refractivity (Wildman–Crippen MR) is 116 cm³/mol. The molecule has 0 atom stereocenters. The van der Waals surface area contributed by atoms with E-state index in [1.807, 2.05) is 24.3 Å². The molecular formula is C24H30N2O3. The number of methoxy groups -OCH3 is 2. The van der Waals surface area contributed by atoms with Gasteiger partial charge in [-0.25, -0.2) is 0 Å². The molecule has 0 amide bonds. The van der Waals surface area contributed by atoms with Crippen molar-refractivity contribution in [3.05, 3.63) is 65.7 Å². The maximum absolute atomic E-state index is 12.3. The number of hydrogen-bond donors (Lipinski definition) is 0. The number of ether oxygens (including phenoxy) is 2. The molecule has 1 heterocycles. The van der Waals surface area contributed by atoms with Crippen LogP contribution in [0.4, 0.5) is 0 Å². The smallest absolute Gasteiger partial charge is 0.161 e. The zero-order valence-electron chi connectivity index (χ0n) is 17.3. The number of nitrogens with zero attached hydrogens (tertiary/aromatic N) is 2. The van der Waals surface area contributed by atoms with Crippen molar-refractivity contribution in [2.45, 2.75) is 13.0 Å². The summed E-state index contributed by atoms with van der Waals surface area (Å²) < 4.78 is 10.5. The van der Waals surface area contributed by atoms with E-state index in [2.05, 4.69) is 40.1 Å². The quantitative estimate of drug-likeness (QED) is 0.609. The summed E-state index contributed by atoms with van der Waals surface area (Å²) in [4.78, 5) is 17.1. The van der Waals surface area contributed by atoms with Gasteiger partial charge in [0.1, 0.15) is 0 Å². The van der Waals surface area contributed by atoms with Crippen LogP contribution in [0.1, 0.15) is 17.5 Å². The Labute approximate surface area is 173 Å². The van der Waals surface area contributed by atoms with Crippen LogP contribution in [0.25, 0.3) is 6.08 Å². The van der Waals surface area contributed by atoms with Crippen LogP contribution < -0.4 is 9.47 Å². The second-order valence-corrected chi connectivity index (χ2v) is 7.27. The number of hydrogen-bond acceptors (Lipinski definition) is 5. The highest BCUT2D eigenvalue weighted by Crippen LogP contribution is 2.27. The van der Waals surface area contributed by atoms with Crippen LogP contribution in [0, 0.1) is 0 Å². The van der Waals surface area contributed by atoms with Crippen molar-refractivity contribution >= 4 is 11.9 Å². The molecule has 29 heavy (non-hydrogen) atoms. The monoisotopic (exact) mass is 394 g/mol. The van der Waals surface area contributed by atoms with Crippen molar-refractivity contribution in [1.29, 1.82) is 0 Å². The van der Waals surface area contributed by atoms with Crippen molar-refractivity contribution in [3.8, 4) is 11.5 Å². The van der Waals surface area contributed by atoms with Gasteiger partial charge < -0.3 is 14.4 Å². The Morgan fingerprint density at radius 1 is 0.931 bits per heavy atom. The van der Waals surface area contributed by atoms with Crippen molar-refractivity contribution in [2.24, 2.45) is 0 Å². The number of allylic oxidation sites excluding steroid dienone is 1. The molecule has 0 radical (unpaired) electrons. The minimum Gasteiger partial charge on any atom is -0.493 e. The third-order valence-corrected chi connectivity index (χ3v) is 5.26. The Balaban J connectivity index is 1.40. The van der Waals surface area contributed by atoms with Gasteiger partial charge in [-0.05, 0) is 29.3 Å². The summed E-state index contributed by atoms with van der Waals surface area (Å²) in [5.41, 5.74) is 2.28. The summed E-state index contributed by atoms with van der Waals surface area (Å²) in [5, 5.41) is 0. The van der Waals surface area contributed by atoms with Gasteiger partial charge in [0.05, 0.1) is 14.2 Å². The third-order valence-electron chi connectivity index (χ3n) is 5.26. The third kappa shape index (κ3) is 6.44. The molecule has 0 spiro atoms. The Morgan fingerprint density at radius 2 is 1.62 bits per heavy atom. The molecule has 1 aliphatic heterocycles. The topological polar surface area (TPSA) is 42.0 Å². The summed E-state index contributed by atoms with van der Waals surface area (Å²) >= 11 is 0. The van der Waals surface area contributed by atoms with E-state index in [1.165, 1.54) is 5.56 Å². The largest absolute Gasteiger partial charge is 0.493 e. The normalized spacial score (nSPS) is 15.5. The number of carbonyl (C=O) groups excluding carboxylic acids is 1. The van der Waals surface area contributed by atoms with Crippen molar-refractivity contribution < 1.29 is 14.3 Å². The molecule has 5 nitrogen and oxygen atoms in total. The van der Waals surface area contributed by atoms with E-state index in [0.29, 0.717) is 17.9 Å². The average molecular weight is 395 g/mol. The highest BCUT2D eigenvalue weighted by molar-refractivity contribution is 5.93. The van der Waals surface area contributed by atoms with Crippen LogP contribution in [0.2, 0.25) is 0 Å². The van der Waals surface area contributed by atoms with Gasteiger partial charge in [0.15, 0.2) is 17.3 Å². The summed E-state index contributed by atoms with van der Waals surface area (Å²) in [7, 11) is 3.22. The van der Waals surface area contributed by atoms with E-state index in [0.717, 1.165) is 44.8 Å². The van der Waals surface area contributed by atoms with Gasteiger partial charge in [0, 0.05) is 45.7 Å². The molecule has 2 aromatic carbocycles. The second kappa shape index (κ2) is 10.8. The number of benzene rings is 2. The summed E-state index contributed by atoms with van der Waals surface area (Å²) in [5.74, 6) is 1.49. The second-order valence-electron chi connectivity index (χ2n) is 7.27. The van der Waals surface area contributed by atoms with Gasteiger partial charge in [0.25, 0.3) is 0 Å². The fourth-order valence-corrected chi connectivity index (χ4v) is 3.51. The number of rotatable bonds is 9. The van der Waals surface area contributed by atoms with Gasteiger partial charge in [-0.1, -0.05) is 42.5 Å². The molecule has 0 bridgehead atoms. The van der Waals surface area contributed by atoms with E-state index < -0.39 is 0 Å². The number of ketones is 1. The summed E-state index contributed by atoms with van der Waals surface area (Å²) in [6, 6.07) is 16.2. The van der Waals surface area contributed by atoms with E-state index in [9.17, 15) is 4.79 Å². The Morgan fingerprint density at radius 3 is 2.31 bits per heavy atom. The molecule has 154 valence electrons. The Bertz CT molecular complexity index is 812. The first-order valence-corrected chi connectivity index (χ1v) is 10.1. The van der Waals surface area contributed by atoms with E-state index in [4.69, 9.17) is 9.47 Å². The molecule has 3 rings (SSSR count). The first-order valence-electron chi connectivity index (χ1n) is 10.1. The Kier molecular flexibility index (Phi) is 7.85. The number of carbonyl (C=O) groups is 1. The molecule has 1 fully saturated rings. The maximum atomic E-state index is 12.3. The minimum absolute atomic E-state index is 0.145. The van der Waals surface area contributed by atoms with E-state index >= 15 is 0 Å². The highest BCUT2D eigenvalue weighted by atomic mass is 16.5. The first kappa shape index (κ1) is 21.1. The van der Waals surface area contributed by atoms with Gasteiger partial charge in [-0.3, -0.25) is 9.69 Å². The molecule has 0 saturated carbocycles. The van der Waals surface area contributed by atoms with Crippen molar-refractivity contribution in [2.75, 3.05) is 46.9 Å². The van der Waals surface area contributed by atoms with Gasteiger partial charge in [-0.15, -0.1) is 0 Å². The lowest BCUT2D eigenvalue weighted by atomic mass is 10.1. The van der Waals surface area contributed by atoms with Gasteiger partial charge in [-0.2, -0.15) is 0 Å². The van der Waals surface area contributed by atoms with Gasteiger partial charge >= 0.3 is 0 Å². The predicted octanol–water partition coefficient (Wildman–Crippen LogP) is 3.49. The molecule has 5 heteroatoms. The fourth-order valence-electron chi connectivity index (χ4n) is 3.51. The molecule has 0 aliphatic carbocycles. The average Bonchev–Trinajstić information content (AvgIpc) is 2.77. The molecule has 0 N–H and O–H groups in total. The van der Waals surface area contributed by atoms with Crippen LogP contribution in [-0.4, -0.2) is 62.5 Å². The molecule has 0 unspecified atom stereocenters. The lowest BCUT2D eigenvalue weighted by Crippen LogP contribution is -2.46. The zero-order chi connectivity index (χ0) is 20.5. The van der Waals surface area contributed by atoms with Crippen LogP contribution in [0.5, 0.6) is 11.5 Å². The maximum Gasteiger partial charge on any atom is 0.161 e. The number of piperazine rings is 1. The highest BCUT2D eigenvalue weighted by Gasteiger charge is 2.17. The standard InChI is InChI=1S/C24H30N2O3/c1-28-23-11-9-20(18-24(23)29-2)8-10-22(27)12-13-25-14-16-26(17-15-25)19-21-6-4-3-5-7-21/h3-11,18H,12-17,19H2,1-2H3. The van der Waals surface area contributed by atoms with Crippen LogP contribution >= 0.6 is 0 Å². The van der Waals surface area contributed by atoms with Crippen LogP contribution in [-0.2, 0) is 11.3 Å². The lowest BCUT2D eigenvalue weighted by molar-refractivity contribution is -0.114. The molecule has 1 aliphatic rings. The lowest BCUT2D eigenvalue weighted by Gasteiger charge is -2.34. The van der Waals surface area contributed by atoms with E-state index in [-0.39, 0.29) is 5.78 Å². The van der Waals surface area contributed by atoms with E-state index in [1.54, 1.807) is 20.3 Å². The van der Waals surface area contributed by atoms with Crippen LogP contribution in [0.15, 0.2) is 54.6 Å². The molecule has 1 saturated heterocycles. The Hall–Kier alpha value is -2.63. The first-order chi connectivity index (χ1) is 14.2. The molecular weight excluding hydrogens is 364 g/mol. The zero-order valence-corrected chi connectivity index (χ0v) is 17.3.